The molecule has 3 aromatic rings. The Hall–Kier alpha value is -2.54. The normalized spacial score (nSPS) is 29.6. The highest BCUT2D eigenvalue weighted by Gasteiger charge is 2.58. The van der Waals surface area contributed by atoms with Gasteiger partial charge in [-0.2, -0.15) is 0 Å². The number of ketones is 1. The van der Waals surface area contributed by atoms with E-state index in [9.17, 15) is 9.59 Å². The Kier molecular flexibility index (Phi) is 5.59. The van der Waals surface area contributed by atoms with Crippen LogP contribution in [0.25, 0.3) is 11.1 Å². The number of oxazole rings is 1. The smallest absolute Gasteiger partial charge is 0.226 e. The highest BCUT2D eigenvalue weighted by atomic mass is 32.1. The second-order valence-electron chi connectivity index (χ2n) is 11.1. The topological polar surface area (TPSA) is 85.1 Å². The van der Waals surface area contributed by atoms with E-state index in [-0.39, 0.29) is 11.3 Å². The van der Waals surface area contributed by atoms with E-state index in [2.05, 4.69) is 29.4 Å². The lowest BCUT2D eigenvalue weighted by Crippen LogP contribution is -2.44. The molecule has 5 atom stereocenters. The largest absolute Gasteiger partial charge is 0.441 e. The van der Waals surface area contributed by atoms with Gasteiger partial charge in [-0.25, -0.2) is 9.97 Å². The van der Waals surface area contributed by atoms with E-state index in [0.29, 0.717) is 47.4 Å². The standard InChI is InChI=1S/C28H33N3O3S/c1-15-14-29-27(35-15)31-24(33)6-4-5-17-13-23(32)28(3)12-11-19-18-9-10-22-26(30-16(2)34-22)21(18)8-7-20(19)25(17)28/h9-10,14,17,19-20,25H,4-8,11-13H2,1-3H3,(H,29,31,33)/t17-,19?,20?,25?,28-/m1/s1. The Bertz CT molecular complexity index is 1310. The summed E-state index contributed by atoms with van der Waals surface area (Å²) in [5, 5.41) is 3.59. The summed E-state index contributed by atoms with van der Waals surface area (Å²) in [4.78, 5) is 35.7. The second kappa shape index (κ2) is 8.54. The van der Waals surface area contributed by atoms with Crippen molar-refractivity contribution in [3.05, 3.63) is 40.2 Å². The van der Waals surface area contributed by atoms with Gasteiger partial charge in [0, 0.05) is 36.3 Å². The Balaban J connectivity index is 1.19. The third-order valence-electron chi connectivity index (χ3n) is 9.06. The third kappa shape index (κ3) is 3.83. The summed E-state index contributed by atoms with van der Waals surface area (Å²) in [6, 6.07) is 4.35. The van der Waals surface area contributed by atoms with E-state index in [4.69, 9.17) is 9.40 Å². The number of benzene rings is 1. The van der Waals surface area contributed by atoms with Crippen molar-refractivity contribution in [3.8, 4) is 0 Å². The molecule has 6 rings (SSSR count). The number of aromatic nitrogens is 2. The molecule has 1 N–H and O–H groups in total. The van der Waals surface area contributed by atoms with Gasteiger partial charge in [0.1, 0.15) is 11.3 Å². The Morgan fingerprint density at radius 3 is 2.94 bits per heavy atom. The fourth-order valence-electron chi connectivity index (χ4n) is 7.62. The van der Waals surface area contributed by atoms with E-state index in [1.807, 2.05) is 13.8 Å². The van der Waals surface area contributed by atoms with Crippen LogP contribution in [-0.2, 0) is 16.0 Å². The molecule has 0 spiro atoms. The number of anilines is 1. The van der Waals surface area contributed by atoms with Gasteiger partial charge in [0.05, 0.1) is 0 Å². The van der Waals surface area contributed by atoms with Crippen LogP contribution in [0.1, 0.15) is 79.7 Å². The first-order valence-corrected chi connectivity index (χ1v) is 13.8. The Labute approximate surface area is 209 Å². The van der Waals surface area contributed by atoms with Crippen LogP contribution in [0.15, 0.2) is 22.7 Å². The van der Waals surface area contributed by atoms with Crippen molar-refractivity contribution in [2.45, 2.75) is 78.1 Å². The van der Waals surface area contributed by atoms with Crippen molar-refractivity contribution in [2.75, 3.05) is 5.32 Å². The van der Waals surface area contributed by atoms with E-state index < -0.39 is 0 Å². The predicted molar refractivity (Wildman–Crippen MR) is 137 cm³/mol. The van der Waals surface area contributed by atoms with E-state index in [1.54, 1.807) is 6.20 Å². The van der Waals surface area contributed by atoms with Crippen molar-refractivity contribution in [1.82, 2.24) is 9.97 Å². The first kappa shape index (κ1) is 22.9. The van der Waals surface area contributed by atoms with Gasteiger partial charge >= 0.3 is 0 Å². The molecule has 1 amide bonds. The van der Waals surface area contributed by atoms with Crippen molar-refractivity contribution < 1.29 is 14.0 Å². The number of rotatable bonds is 5. The zero-order valence-electron chi connectivity index (χ0n) is 20.7. The van der Waals surface area contributed by atoms with Gasteiger partial charge in [-0.15, -0.1) is 11.3 Å². The summed E-state index contributed by atoms with van der Waals surface area (Å²) in [6.07, 6.45) is 8.83. The summed E-state index contributed by atoms with van der Waals surface area (Å²) >= 11 is 1.50. The van der Waals surface area contributed by atoms with Gasteiger partial charge in [0.15, 0.2) is 16.6 Å². The number of nitrogens with one attached hydrogen (secondary N) is 1. The molecular weight excluding hydrogens is 458 g/mol. The molecule has 1 aromatic carbocycles. The molecule has 35 heavy (non-hydrogen) atoms. The Morgan fingerprint density at radius 1 is 1.29 bits per heavy atom. The number of thiazole rings is 1. The highest BCUT2D eigenvalue weighted by molar-refractivity contribution is 7.15. The van der Waals surface area contributed by atoms with Crippen LogP contribution in [0.5, 0.6) is 0 Å². The predicted octanol–water partition coefficient (Wildman–Crippen LogP) is 6.36. The van der Waals surface area contributed by atoms with E-state index in [0.717, 1.165) is 60.4 Å². The number of hydrogen-bond donors (Lipinski definition) is 1. The van der Waals surface area contributed by atoms with Crippen LogP contribution >= 0.6 is 11.3 Å². The highest BCUT2D eigenvalue weighted by Crippen LogP contribution is 2.62. The number of hydrogen-bond acceptors (Lipinski definition) is 6. The third-order valence-corrected chi connectivity index (χ3v) is 9.89. The fraction of sp³-hybridized carbons (Fsp3) is 0.571. The van der Waals surface area contributed by atoms with Crippen molar-refractivity contribution in [1.29, 1.82) is 0 Å². The van der Waals surface area contributed by atoms with E-state index in [1.165, 1.54) is 22.5 Å². The molecule has 6 nitrogen and oxygen atoms in total. The summed E-state index contributed by atoms with van der Waals surface area (Å²) < 4.78 is 5.80. The van der Waals surface area contributed by atoms with Crippen LogP contribution in [0.4, 0.5) is 5.13 Å². The summed E-state index contributed by atoms with van der Waals surface area (Å²) in [5.41, 5.74) is 4.51. The number of nitrogens with zero attached hydrogens (tertiary/aromatic N) is 2. The number of carbonyl (C=O) groups excluding carboxylic acids is 2. The molecule has 2 fully saturated rings. The van der Waals surface area contributed by atoms with Gasteiger partial charge in [-0.3, -0.25) is 9.59 Å². The van der Waals surface area contributed by atoms with Crippen LogP contribution < -0.4 is 5.32 Å². The van der Waals surface area contributed by atoms with Crippen LogP contribution in [-0.4, -0.2) is 21.7 Å². The summed E-state index contributed by atoms with van der Waals surface area (Å²) in [5.74, 6) is 2.98. The summed E-state index contributed by atoms with van der Waals surface area (Å²) in [7, 11) is 0. The zero-order chi connectivity index (χ0) is 24.3. The lowest BCUT2D eigenvalue weighted by atomic mass is 9.54. The second-order valence-corrected chi connectivity index (χ2v) is 12.3. The van der Waals surface area contributed by atoms with Crippen molar-refractivity contribution in [3.63, 3.8) is 0 Å². The molecule has 3 unspecified atom stereocenters. The Morgan fingerprint density at radius 2 is 2.14 bits per heavy atom. The lowest BCUT2D eigenvalue weighted by molar-refractivity contribution is -0.129. The van der Waals surface area contributed by atoms with Gasteiger partial charge in [0.25, 0.3) is 0 Å². The first-order chi connectivity index (χ1) is 16.8. The molecule has 3 aliphatic rings. The molecule has 7 heteroatoms. The average molecular weight is 492 g/mol. The van der Waals surface area contributed by atoms with Crippen LogP contribution in [0.3, 0.4) is 0 Å². The zero-order valence-corrected chi connectivity index (χ0v) is 21.5. The molecule has 2 saturated carbocycles. The molecular formula is C28H33N3O3S. The van der Waals surface area contributed by atoms with Crippen LogP contribution in [0.2, 0.25) is 0 Å². The number of amides is 1. The van der Waals surface area contributed by atoms with Crippen LogP contribution in [0, 0.1) is 37.0 Å². The van der Waals surface area contributed by atoms with Crippen molar-refractivity contribution >= 4 is 39.3 Å². The minimum absolute atomic E-state index is 0.0199. The molecule has 2 aromatic heterocycles. The minimum Gasteiger partial charge on any atom is -0.441 e. The molecule has 0 radical (unpaired) electrons. The number of fused-ring (bicyclic) bond motifs is 7. The molecule has 0 aliphatic heterocycles. The quantitative estimate of drug-likeness (QED) is 0.449. The summed E-state index contributed by atoms with van der Waals surface area (Å²) in [6.45, 7) is 6.13. The van der Waals surface area contributed by atoms with E-state index >= 15 is 0 Å². The molecule has 3 aliphatic carbocycles. The fourth-order valence-corrected chi connectivity index (χ4v) is 8.30. The van der Waals surface area contributed by atoms with Gasteiger partial charge in [0.2, 0.25) is 5.91 Å². The minimum atomic E-state index is -0.210. The lowest BCUT2D eigenvalue weighted by Gasteiger charge is -2.50. The van der Waals surface area contributed by atoms with Gasteiger partial charge in [-0.05, 0) is 86.3 Å². The first-order valence-electron chi connectivity index (χ1n) is 13.0. The SMILES string of the molecule is Cc1nc2c3c(ccc2o1)C1CC[C@]2(C)C(=O)C[C@@H](CCCC(=O)Nc4ncc(C)s4)C2C1CC3. The number of carbonyl (C=O) groups is 2. The molecule has 0 saturated heterocycles. The maximum atomic E-state index is 13.3. The van der Waals surface area contributed by atoms with Gasteiger partial charge < -0.3 is 9.73 Å². The molecule has 2 heterocycles. The molecule has 184 valence electrons. The monoisotopic (exact) mass is 491 g/mol. The number of aryl methyl sites for hydroxylation is 3. The maximum Gasteiger partial charge on any atom is 0.226 e. The molecule has 0 bridgehead atoms. The van der Waals surface area contributed by atoms with Crippen molar-refractivity contribution in [2.24, 2.45) is 23.2 Å². The van der Waals surface area contributed by atoms with Gasteiger partial charge in [-0.1, -0.05) is 13.0 Å². The average Bonchev–Trinajstić information content (AvgIpc) is 3.48. The maximum absolute atomic E-state index is 13.3. The number of Topliss-reactive ketones (excluding diaryl/α,β-unsaturated/α-hetero) is 1.